The highest BCUT2D eigenvalue weighted by Gasteiger charge is 2.45. The molecule has 1 saturated carbocycles. The van der Waals surface area contributed by atoms with Gasteiger partial charge in [-0.3, -0.25) is 0 Å². The number of hydrogen-bond donors (Lipinski definition) is 1. The highest BCUT2D eigenvalue weighted by atomic mass is 127. The molecule has 4 rings (SSSR count). The van der Waals surface area contributed by atoms with Gasteiger partial charge in [0, 0.05) is 6.61 Å². The zero-order valence-corrected chi connectivity index (χ0v) is 23.1. The molecule has 0 bridgehead atoms. The van der Waals surface area contributed by atoms with Gasteiger partial charge in [0.15, 0.2) is 6.29 Å². The molecule has 1 aromatic rings. The number of rotatable bonds is 10. The van der Waals surface area contributed by atoms with Gasteiger partial charge in [-0.15, -0.1) is 0 Å². The van der Waals surface area contributed by atoms with Gasteiger partial charge in [-0.05, 0) is 97.7 Å². The van der Waals surface area contributed by atoms with Gasteiger partial charge in [0.1, 0.15) is 5.75 Å². The molecule has 0 radical (unpaired) electrons. The third-order valence-corrected chi connectivity index (χ3v) is 8.00. The van der Waals surface area contributed by atoms with Crippen LogP contribution < -0.4 is 4.74 Å². The number of aliphatic hydroxyl groups excluding tert-OH is 1. The molecule has 33 heavy (non-hydrogen) atoms. The summed E-state index contributed by atoms with van der Waals surface area (Å²) in [5.74, 6) is 2.56. The van der Waals surface area contributed by atoms with Crippen molar-refractivity contribution >= 4 is 22.6 Å². The molecule has 1 unspecified atom stereocenters. The van der Waals surface area contributed by atoms with Crippen LogP contribution in [0.2, 0.25) is 0 Å². The van der Waals surface area contributed by atoms with E-state index in [0.717, 1.165) is 63.7 Å². The quantitative estimate of drug-likeness (QED) is 0.192. The molecule has 5 heteroatoms. The number of hydrogen-bond acceptors (Lipinski definition) is 4. The summed E-state index contributed by atoms with van der Waals surface area (Å²) >= 11 is 2.15. The van der Waals surface area contributed by atoms with Gasteiger partial charge in [-0.2, -0.15) is 0 Å². The Balaban J connectivity index is 0.00000149. The van der Waals surface area contributed by atoms with Crippen molar-refractivity contribution in [2.45, 2.75) is 102 Å². The molecule has 3 aliphatic rings. The summed E-state index contributed by atoms with van der Waals surface area (Å²) < 4.78 is 17.9. The lowest BCUT2D eigenvalue weighted by Gasteiger charge is -2.33. The number of benzene rings is 1. The van der Waals surface area contributed by atoms with E-state index in [0.29, 0.717) is 17.8 Å². The van der Waals surface area contributed by atoms with E-state index in [9.17, 15) is 5.11 Å². The zero-order chi connectivity index (χ0) is 23.6. The minimum absolute atomic E-state index is 0.0179. The SMILES string of the molecule is CCCCC[C@@H](CC[C@@H]1[C@H]2Cc3cccc(OC)c3C[C@H]2C[C@H]1O)OC1CCCCO1.CI. The standard InChI is InChI=1S/C27H42O4.CH3I/c1-3-4-5-10-21(31-27-12-6-7-15-30-27)13-14-22-23-16-19-9-8-11-26(29-2)24(19)17-20(23)18-25(22)28;1-2/h8-9,11,20-23,25,27-28H,3-7,10,12-18H2,1-2H3;1H3/t20-,21-,22+,23-,25+,27?;/m0./s1. The first-order valence-corrected chi connectivity index (χ1v) is 15.3. The van der Waals surface area contributed by atoms with E-state index in [-0.39, 0.29) is 18.5 Å². The summed E-state index contributed by atoms with van der Waals surface area (Å²) in [6.07, 6.45) is 13.4. The maximum atomic E-state index is 11.0. The number of ether oxygens (including phenoxy) is 3. The Hall–Kier alpha value is -0.370. The number of methoxy groups -OCH3 is 1. The third kappa shape index (κ3) is 7.31. The smallest absolute Gasteiger partial charge is 0.157 e. The van der Waals surface area contributed by atoms with E-state index in [1.54, 1.807) is 7.11 Å². The summed E-state index contributed by atoms with van der Waals surface area (Å²) in [4.78, 5) is 1.97. The molecule has 0 spiro atoms. The molecule has 1 N–H and O–H groups in total. The molecule has 6 atom stereocenters. The lowest BCUT2D eigenvalue weighted by atomic mass is 9.73. The minimum Gasteiger partial charge on any atom is -0.496 e. The molecule has 0 aromatic heterocycles. The molecule has 4 nitrogen and oxygen atoms in total. The second kappa shape index (κ2) is 14.3. The van der Waals surface area contributed by atoms with Crippen molar-refractivity contribution in [1.82, 2.24) is 0 Å². The Kier molecular flexibility index (Phi) is 11.8. The lowest BCUT2D eigenvalue weighted by molar-refractivity contribution is -0.191. The van der Waals surface area contributed by atoms with Crippen LogP contribution in [0.25, 0.3) is 0 Å². The zero-order valence-electron chi connectivity index (χ0n) is 20.9. The molecule has 0 amide bonds. The predicted molar refractivity (Wildman–Crippen MR) is 143 cm³/mol. The predicted octanol–water partition coefficient (Wildman–Crippen LogP) is 6.73. The van der Waals surface area contributed by atoms with Gasteiger partial charge in [0.2, 0.25) is 0 Å². The van der Waals surface area contributed by atoms with Crippen molar-refractivity contribution in [2.24, 2.45) is 17.8 Å². The maximum Gasteiger partial charge on any atom is 0.157 e. The van der Waals surface area contributed by atoms with Crippen LogP contribution in [-0.4, -0.2) is 42.3 Å². The molecule has 1 saturated heterocycles. The summed E-state index contributed by atoms with van der Waals surface area (Å²) in [6.45, 7) is 3.09. The number of fused-ring (bicyclic) bond motifs is 2. The van der Waals surface area contributed by atoms with Crippen molar-refractivity contribution in [1.29, 1.82) is 0 Å². The van der Waals surface area contributed by atoms with Crippen molar-refractivity contribution in [3.8, 4) is 5.75 Å². The Labute approximate surface area is 215 Å². The Bertz CT molecular complexity index is 690. The Morgan fingerprint density at radius 2 is 2.00 bits per heavy atom. The average Bonchev–Trinajstić information content (AvgIpc) is 3.16. The van der Waals surface area contributed by atoms with Gasteiger partial charge < -0.3 is 19.3 Å². The molecule has 2 aliphatic carbocycles. The fourth-order valence-corrected chi connectivity index (χ4v) is 6.31. The van der Waals surface area contributed by atoms with E-state index in [4.69, 9.17) is 14.2 Å². The van der Waals surface area contributed by atoms with Crippen LogP contribution in [-0.2, 0) is 22.3 Å². The first-order chi connectivity index (χ1) is 16.2. The second-order valence-electron chi connectivity index (χ2n) is 10.0. The summed E-state index contributed by atoms with van der Waals surface area (Å²) in [7, 11) is 1.77. The summed E-state index contributed by atoms with van der Waals surface area (Å²) in [5.41, 5.74) is 2.79. The van der Waals surface area contributed by atoms with Gasteiger partial charge in [-0.25, -0.2) is 0 Å². The fraction of sp³-hybridized carbons (Fsp3) is 0.786. The van der Waals surface area contributed by atoms with Crippen LogP contribution in [0.3, 0.4) is 0 Å². The Morgan fingerprint density at radius 1 is 1.15 bits per heavy atom. The van der Waals surface area contributed by atoms with Crippen LogP contribution in [0.5, 0.6) is 5.75 Å². The maximum absolute atomic E-state index is 11.0. The van der Waals surface area contributed by atoms with E-state index in [2.05, 4.69) is 47.7 Å². The molecule has 1 aliphatic heterocycles. The third-order valence-electron chi connectivity index (χ3n) is 8.00. The van der Waals surface area contributed by atoms with Crippen molar-refractivity contribution < 1.29 is 19.3 Å². The molecular weight excluding hydrogens is 527 g/mol. The normalized spacial score (nSPS) is 29.4. The highest BCUT2D eigenvalue weighted by molar-refractivity contribution is 14.1. The Morgan fingerprint density at radius 3 is 2.73 bits per heavy atom. The van der Waals surface area contributed by atoms with Gasteiger partial charge in [0.05, 0.1) is 19.3 Å². The van der Waals surface area contributed by atoms with E-state index in [1.807, 2.05) is 4.93 Å². The summed E-state index contributed by atoms with van der Waals surface area (Å²) in [5, 5.41) is 11.0. The number of alkyl halides is 1. The van der Waals surface area contributed by atoms with Gasteiger partial charge in [-0.1, -0.05) is 60.9 Å². The number of aliphatic hydroxyl groups is 1. The van der Waals surface area contributed by atoms with Gasteiger partial charge >= 0.3 is 0 Å². The summed E-state index contributed by atoms with van der Waals surface area (Å²) in [6, 6.07) is 6.45. The monoisotopic (exact) mass is 572 g/mol. The van der Waals surface area contributed by atoms with Crippen LogP contribution in [0.1, 0.15) is 82.3 Å². The average molecular weight is 573 g/mol. The fourth-order valence-electron chi connectivity index (χ4n) is 6.31. The van der Waals surface area contributed by atoms with Crippen LogP contribution in [0.4, 0.5) is 0 Å². The highest BCUT2D eigenvalue weighted by Crippen LogP contribution is 2.48. The number of unbranched alkanes of at least 4 members (excludes halogenated alkanes) is 2. The van der Waals surface area contributed by atoms with E-state index in [1.165, 1.54) is 36.8 Å². The van der Waals surface area contributed by atoms with Gasteiger partial charge in [0.25, 0.3) is 0 Å². The van der Waals surface area contributed by atoms with E-state index < -0.39 is 0 Å². The van der Waals surface area contributed by atoms with Crippen molar-refractivity contribution in [3.63, 3.8) is 0 Å². The van der Waals surface area contributed by atoms with Crippen LogP contribution >= 0.6 is 22.6 Å². The van der Waals surface area contributed by atoms with Crippen molar-refractivity contribution in [3.05, 3.63) is 29.3 Å². The molecule has 2 fully saturated rings. The van der Waals surface area contributed by atoms with Crippen LogP contribution in [0.15, 0.2) is 18.2 Å². The lowest BCUT2D eigenvalue weighted by Crippen LogP contribution is -2.30. The topological polar surface area (TPSA) is 47.9 Å². The second-order valence-corrected chi connectivity index (χ2v) is 10.0. The first-order valence-electron chi connectivity index (χ1n) is 13.2. The molecule has 188 valence electrons. The minimum atomic E-state index is -0.183. The largest absolute Gasteiger partial charge is 0.496 e. The molecular formula is C28H45IO4. The van der Waals surface area contributed by atoms with E-state index >= 15 is 0 Å². The number of halogens is 1. The molecule has 1 aromatic carbocycles. The molecule has 1 heterocycles. The van der Waals surface area contributed by atoms with Crippen molar-refractivity contribution in [2.75, 3.05) is 18.6 Å². The van der Waals surface area contributed by atoms with Crippen LogP contribution in [0, 0.1) is 17.8 Å². The first kappa shape index (κ1) is 27.2.